The molecule has 0 atom stereocenters. The van der Waals surface area contributed by atoms with Crippen LogP contribution in [0.2, 0.25) is 0 Å². The number of ether oxygens (including phenoxy) is 1. The van der Waals surface area contributed by atoms with Crippen LogP contribution in [0.15, 0.2) is 18.2 Å². The van der Waals surface area contributed by atoms with Gasteiger partial charge in [0.15, 0.2) is 0 Å². The summed E-state index contributed by atoms with van der Waals surface area (Å²) in [5.41, 5.74) is 2.60. The summed E-state index contributed by atoms with van der Waals surface area (Å²) in [5, 5.41) is 3.31. The number of aryl methyl sites for hydroxylation is 1. The summed E-state index contributed by atoms with van der Waals surface area (Å²) in [6.45, 7) is 6.14. The lowest BCUT2D eigenvalue weighted by molar-refractivity contribution is 0.408. The van der Waals surface area contributed by atoms with Crippen molar-refractivity contribution in [1.82, 2.24) is 5.32 Å². The lowest BCUT2D eigenvalue weighted by atomic mass is 10.1. The first-order chi connectivity index (χ1) is 6.81. The van der Waals surface area contributed by atoms with Gasteiger partial charge in [-0.1, -0.05) is 26.0 Å². The molecule has 2 nitrogen and oxygen atoms in total. The second kappa shape index (κ2) is 5.66. The Balaban J connectivity index is 2.84. The molecule has 2 heteroatoms. The van der Waals surface area contributed by atoms with Gasteiger partial charge in [0.2, 0.25) is 0 Å². The number of rotatable bonds is 5. The second-order valence-electron chi connectivity index (χ2n) is 3.28. The van der Waals surface area contributed by atoms with Gasteiger partial charge in [0, 0.05) is 12.1 Å². The summed E-state index contributed by atoms with van der Waals surface area (Å²) >= 11 is 0. The summed E-state index contributed by atoms with van der Waals surface area (Å²) in [6, 6.07) is 6.38. The molecule has 0 saturated heterocycles. The summed E-state index contributed by atoms with van der Waals surface area (Å²) < 4.78 is 5.30. The van der Waals surface area contributed by atoms with E-state index in [1.54, 1.807) is 7.11 Å². The normalized spacial score (nSPS) is 10.2. The Kier molecular flexibility index (Phi) is 4.47. The summed E-state index contributed by atoms with van der Waals surface area (Å²) in [6.07, 6.45) is 1.07. The van der Waals surface area contributed by atoms with Crippen molar-refractivity contribution in [3.63, 3.8) is 0 Å². The SMILES string of the molecule is CCNCc1cc(CC)ccc1OC. The van der Waals surface area contributed by atoms with E-state index >= 15 is 0 Å². The van der Waals surface area contributed by atoms with Crippen molar-refractivity contribution >= 4 is 0 Å². The maximum absolute atomic E-state index is 5.30. The van der Waals surface area contributed by atoms with Gasteiger partial charge < -0.3 is 10.1 Å². The van der Waals surface area contributed by atoms with Crippen LogP contribution in [0.4, 0.5) is 0 Å². The number of hydrogen-bond donors (Lipinski definition) is 1. The van der Waals surface area contributed by atoms with Gasteiger partial charge in [-0.05, 0) is 24.6 Å². The van der Waals surface area contributed by atoms with Gasteiger partial charge >= 0.3 is 0 Å². The molecule has 0 amide bonds. The van der Waals surface area contributed by atoms with Crippen LogP contribution in [0.5, 0.6) is 5.75 Å². The Morgan fingerprint density at radius 2 is 2.07 bits per heavy atom. The molecule has 1 aromatic carbocycles. The highest BCUT2D eigenvalue weighted by molar-refractivity contribution is 5.37. The largest absolute Gasteiger partial charge is 0.496 e. The second-order valence-corrected chi connectivity index (χ2v) is 3.28. The fourth-order valence-corrected chi connectivity index (χ4v) is 1.45. The van der Waals surface area contributed by atoms with Crippen LogP contribution in [0, 0.1) is 0 Å². The van der Waals surface area contributed by atoms with Crippen LogP contribution < -0.4 is 10.1 Å². The molecule has 0 aliphatic carbocycles. The molecule has 0 fully saturated rings. The Morgan fingerprint density at radius 3 is 2.64 bits per heavy atom. The molecule has 0 radical (unpaired) electrons. The van der Waals surface area contributed by atoms with Crippen LogP contribution >= 0.6 is 0 Å². The van der Waals surface area contributed by atoms with E-state index in [9.17, 15) is 0 Å². The van der Waals surface area contributed by atoms with Crippen molar-refractivity contribution in [2.45, 2.75) is 26.8 Å². The van der Waals surface area contributed by atoms with E-state index in [1.165, 1.54) is 11.1 Å². The number of hydrogen-bond acceptors (Lipinski definition) is 2. The number of methoxy groups -OCH3 is 1. The van der Waals surface area contributed by atoms with Crippen LogP contribution in [-0.2, 0) is 13.0 Å². The van der Waals surface area contributed by atoms with E-state index in [4.69, 9.17) is 4.74 Å². The van der Waals surface area contributed by atoms with E-state index in [0.29, 0.717) is 0 Å². The third kappa shape index (κ3) is 2.74. The van der Waals surface area contributed by atoms with Gasteiger partial charge in [0.25, 0.3) is 0 Å². The molecule has 1 rings (SSSR count). The van der Waals surface area contributed by atoms with E-state index in [1.807, 2.05) is 6.07 Å². The van der Waals surface area contributed by atoms with Gasteiger partial charge in [-0.2, -0.15) is 0 Å². The van der Waals surface area contributed by atoms with Crippen LogP contribution in [-0.4, -0.2) is 13.7 Å². The first-order valence-electron chi connectivity index (χ1n) is 5.18. The third-order valence-electron chi connectivity index (χ3n) is 2.32. The zero-order valence-corrected chi connectivity index (χ0v) is 9.26. The van der Waals surface area contributed by atoms with E-state index in [0.717, 1.165) is 25.3 Å². The van der Waals surface area contributed by atoms with Crippen molar-refractivity contribution in [1.29, 1.82) is 0 Å². The first-order valence-corrected chi connectivity index (χ1v) is 5.18. The molecule has 0 saturated carbocycles. The Bertz CT molecular complexity index is 284. The summed E-state index contributed by atoms with van der Waals surface area (Å²) in [5.74, 6) is 0.975. The molecule has 0 spiro atoms. The summed E-state index contributed by atoms with van der Waals surface area (Å²) in [7, 11) is 1.72. The van der Waals surface area contributed by atoms with E-state index in [-0.39, 0.29) is 0 Å². The number of benzene rings is 1. The fraction of sp³-hybridized carbons (Fsp3) is 0.500. The van der Waals surface area contributed by atoms with Crippen molar-refractivity contribution in [2.75, 3.05) is 13.7 Å². The van der Waals surface area contributed by atoms with Crippen LogP contribution in [0.1, 0.15) is 25.0 Å². The summed E-state index contributed by atoms with van der Waals surface area (Å²) in [4.78, 5) is 0. The molecule has 0 bridgehead atoms. The molecule has 0 aliphatic heterocycles. The van der Waals surface area contributed by atoms with Crippen LogP contribution in [0.3, 0.4) is 0 Å². The highest BCUT2D eigenvalue weighted by Gasteiger charge is 2.02. The fourth-order valence-electron chi connectivity index (χ4n) is 1.45. The Labute approximate surface area is 86.3 Å². The van der Waals surface area contributed by atoms with Gasteiger partial charge in [-0.25, -0.2) is 0 Å². The smallest absolute Gasteiger partial charge is 0.123 e. The van der Waals surface area contributed by atoms with Crippen LogP contribution in [0.25, 0.3) is 0 Å². The minimum Gasteiger partial charge on any atom is -0.496 e. The molecule has 0 heterocycles. The van der Waals surface area contributed by atoms with Gasteiger partial charge in [-0.3, -0.25) is 0 Å². The maximum Gasteiger partial charge on any atom is 0.123 e. The van der Waals surface area contributed by atoms with Gasteiger partial charge in [0.1, 0.15) is 5.75 Å². The predicted molar refractivity (Wildman–Crippen MR) is 59.8 cm³/mol. The minimum atomic E-state index is 0.882. The molecule has 14 heavy (non-hydrogen) atoms. The van der Waals surface area contributed by atoms with Gasteiger partial charge in [0.05, 0.1) is 7.11 Å². The number of nitrogens with one attached hydrogen (secondary N) is 1. The minimum absolute atomic E-state index is 0.882. The van der Waals surface area contributed by atoms with E-state index in [2.05, 4.69) is 31.3 Å². The van der Waals surface area contributed by atoms with Crippen molar-refractivity contribution in [3.05, 3.63) is 29.3 Å². The lowest BCUT2D eigenvalue weighted by Crippen LogP contribution is -2.12. The standard InChI is InChI=1S/C12H19NO/c1-4-10-6-7-12(14-3)11(8-10)9-13-5-2/h6-8,13H,4-5,9H2,1-3H3. The Hall–Kier alpha value is -1.02. The first kappa shape index (κ1) is 11.1. The molecule has 0 aromatic heterocycles. The highest BCUT2D eigenvalue weighted by Crippen LogP contribution is 2.19. The monoisotopic (exact) mass is 193 g/mol. The maximum atomic E-state index is 5.30. The molecule has 0 aliphatic rings. The van der Waals surface area contributed by atoms with E-state index < -0.39 is 0 Å². The van der Waals surface area contributed by atoms with Crippen molar-refractivity contribution in [3.8, 4) is 5.75 Å². The molecular weight excluding hydrogens is 174 g/mol. The molecular formula is C12H19NO. The van der Waals surface area contributed by atoms with Crippen molar-refractivity contribution < 1.29 is 4.74 Å². The molecule has 78 valence electrons. The Morgan fingerprint density at radius 1 is 1.29 bits per heavy atom. The predicted octanol–water partition coefficient (Wildman–Crippen LogP) is 2.37. The van der Waals surface area contributed by atoms with Gasteiger partial charge in [-0.15, -0.1) is 0 Å². The average molecular weight is 193 g/mol. The quantitative estimate of drug-likeness (QED) is 0.775. The molecule has 1 aromatic rings. The average Bonchev–Trinajstić information content (AvgIpc) is 2.25. The van der Waals surface area contributed by atoms with Crippen molar-refractivity contribution in [2.24, 2.45) is 0 Å². The zero-order chi connectivity index (χ0) is 10.4. The molecule has 1 N–H and O–H groups in total. The highest BCUT2D eigenvalue weighted by atomic mass is 16.5. The zero-order valence-electron chi connectivity index (χ0n) is 9.26. The molecule has 0 unspecified atom stereocenters. The lowest BCUT2D eigenvalue weighted by Gasteiger charge is -2.10. The topological polar surface area (TPSA) is 21.3 Å². The third-order valence-corrected chi connectivity index (χ3v) is 2.32.